The molecule has 0 atom stereocenters. The molecule has 10 heteroatoms. The zero-order valence-electron chi connectivity index (χ0n) is 15.8. The molecule has 0 fully saturated rings. The van der Waals surface area contributed by atoms with Gasteiger partial charge in [-0.2, -0.15) is 5.10 Å². The highest BCUT2D eigenvalue weighted by Crippen LogP contribution is 2.19. The third kappa shape index (κ3) is 4.63. The van der Waals surface area contributed by atoms with Crippen LogP contribution in [0.2, 0.25) is 0 Å². The maximum Gasteiger partial charge on any atom is 0.322 e. The normalized spacial score (nSPS) is 11.5. The summed E-state index contributed by atoms with van der Waals surface area (Å²) in [6.45, 7) is 3.78. The maximum atomic E-state index is 12.3. The lowest BCUT2D eigenvalue weighted by molar-refractivity contribution is -0.116. The second-order valence-corrected chi connectivity index (χ2v) is 8.60. The summed E-state index contributed by atoms with van der Waals surface area (Å²) in [5, 5.41) is 14.3. The Balaban J connectivity index is 1.53. The smallest absolute Gasteiger partial charge is 0.322 e. The number of benzene rings is 1. The van der Waals surface area contributed by atoms with Crippen LogP contribution in [0.4, 0.5) is 6.01 Å². The Morgan fingerprint density at radius 3 is 2.54 bits per heavy atom. The predicted octanol–water partition coefficient (Wildman–Crippen LogP) is 2.28. The molecule has 0 aliphatic carbocycles. The highest BCUT2D eigenvalue weighted by atomic mass is 32.2. The van der Waals surface area contributed by atoms with Crippen molar-refractivity contribution in [2.75, 3.05) is 11.1 Å². The molecule has 0 radical (unpaired) electrons. The zero-order chi connectivity index (χ0) is 20.3. The lowest BCUT2D eigenvalue weighted by Crippen LogP contribution is -2.14. The quantitative estimate of drug-likeness (QED) is 0.642. The fraction of sp³-hybridized carbons (Fsp3) is 0.333. The maximum absolute atomic E-state index is 12.3. The summed E-state index contributed by atoms with van der Waals surface area (Å²) >= 11 is 0. The van der Waals surface area contributed by atoms with E-state index in [0.29, 0.717) is 5.69 Å². The van der Waals surface area contributed by atoms with Crippen LogP contribution in [0.25, 0.3) is 11.6 Å². The van der Waals surface area contributed by atoms with Gasteiger partial charge < -0.3 is 4.42 Å². The zero-order valence-corrected chi connectivity index (χ0v) is 16.7. The number of aromatic nitrogens is 4. The molecule has 0 unspecified atom stereocenters. The molecular formula is C18H21N5O4S. The minimum absolute atomic E-state index is 0.0193. The summed E-state index contributed by atoms with van der Waals surface area (Å²) in [6, 6.07) is 8.37. The predicted molar refractivity (Wildman–Crippen MR) is 102 cm³/mol. The second kappa shape index (κ2) is 7.93. The number of nitrogens with one attached hydrogen (secondary N) is 1. The Morgan fingerprint density at radius 2 is 1.89 bits per heavy atom. The Bertz CT molecular complexity index is 1060. The van der Waals surface area contributed by atoms with E-state index in [1.165, 1.54) is 0 Å². The first-order valence-corrected chi connectivity index (χ1v) is 10.3. The van der Waals surface area contributed by atoms with Crippen molar-refractivity contribution < 1.29 is 17.6 Å². The SMILES string of the molecule is Cc1ccc(S(=O)(=O)CCCC(=O)Nc2nnc(-c3cc(C)n(C)n3)o2)cc1. The Morgan fingerprint density at radius 1 is 1.18 bits per heavy atom. The Hall–Kier alpha value is -3.01. The van der Waals surface area contributed by atoms with E-state index in [0.717, 1.165) is 11.3 Å². The van der Waals surface area contributed by atoms with Gasteiger partial charge in [-0.05, 0) is 38.5 Å². The average molecular weight is 403 g/mol. The first-order chi connectivity index (χ1) is 13.2. The van der Waals surface area contributed by atoms with E-state index in [1.807, 2.05) is 13.8 Å². The van der Waals surface area contributed by atoms with E-state index in [9.17, 15) is 13.2 Å². The summed E-state index contributed by atoms with van der Waals surface area (Å²) in [7, 11) is -1.63. The van der Waals surface area contributed by atoms with E-state index in [1.54, 1.807) is 42.1 Å². The number of hydrogen-bond donors (Lipinski definition) is 1. The van der Waals surface area contributed by atoms with Crippen LogP contribution in [0.1, 0.15) is 24.1 Å². The standard InChI is InChI=1S/C18H21N5O4S/c1-12-6-8-14(9-7-12)28(25,26)10-4-5-16(24)19-18-21-20-17(27-18)15-11-13(2)23(3)22-15/h6-9,11H,4-5,10H2,1-3H3,(H,19,21,24). The molecule has 1 amide bonds. The van der Waals surface area contributed by atoms with Crippen LogP contribution in [0.5, 0.6) is 0 Å². The van der Waals surface area contributed by atoms with Crippen molar-refractivity contribution in [3.63, 3.8) is 0 Å². The van der Waals surface area contributed by atoms with E-state index in [-0.39, 0.29) is 35.4 Å². The minimum Gasteiger partial charge on any atom is -0.401 e. The summed E-state index contributed by atoms with van der Waals surface area (Å²) in [6.07, 6.45) is 0.202. The molecule has 0 bridgehead atoms. The fourth-order valence-corrected chi connectivity index (χ4v) is 3.82. The summed E-state index contributed by atoms with van der Waals surface area (Å²) in [4.78, 5) is 12.3. The first kappa shape index (κ1) is 19.7. The van der Waals surface area contributed by atoms with Gasteiger partial charge in [0.25, 0.3) is 5.89 Å². The van der Waals surface area contributed by atoms with E-state index < -0.39 is 15.7 Å². The van der Waals surface area contributed by atoms with Crippen molar-refractivity contribution >= 4 is 21.8 Å². The van der Waals surface area contributed by atoms with Crippen LogP contribution in [0, 0.1) is 13.8 Å². The molecule has 9 nitrogen and oxygen atoms in total. The third-order valence-electron chi connectivity index (χ3n) is 4.20. The van der Waals surface area contributed by atoms with Gasteiger partial charge in [0.05, 0.1) is 10.6 Å². The van der Waals surface area contributed by atoms with Crippen molar-refractivity contribution in [2.45, 2.75) is 31.6 Å². The number of aryl methyl sites for hydroxylation is 3. The number of carbonyl (C=O) groups is 1. The van der Waals surface area contributed by atoms with Crippen LogP contribution >= 0.6 is 0 Å². The van der Waals surface area contributed by atoms with Gasteiger partial charge in [-0.3, -0.25) is 14.8 Å². The molecule has 3 rings (SSSR count). The van der Waals surface area contributed by atoms with Crippen molar-refractivity contribution in [1.29, 1.82) is 0 Å². The van der Waals surface area contributed by atoms with Crippen LogP contribution in [-0.2, 0) is 21.7 Å². The van der Waals surface area contributed by atoms with Crippen molar-refractivity contribution in [3.05, 3.63) is 41.6 Å². The molecule has 1 N–H and O–H groups in total. The second-order valence-electron chi connectivity index (χ2n) is 6.49. The largest absolute Gasteiger partial charge is 0.401 e. The van der Waals surface area contributed by atoms with Gasteiger partial charge >= 0.3 is 6.01 Å². The number of rotatable bonds is 7. The molecule has 0 saturated heterocycles. The van der Waals surface area contributed by atoms with Gasteiger partial charge in [-0.25, -0.2) is 8.42 Å². The van der Waals surface area contributed by atoms with Gasteiger partial charge in [0.1, 0.15) is 5.69 Å². The number of sulfone groups is 1. The van der Waals surface area contributed by atoms with Gasteiger partial charge in [-0.15, -0.1) is 5.10 Å². The van der Waals surface area contributed by atoms with E-state index >= 15 is 0 Å². The lowest BCUT2D eigenvalue weighted by Gasteiger charge is -2.05. The summed E-state index contributed by atoms with van der Waals surface area (Å²) in [5.74, 6) is -0.321. The fourth-order valence-electron chi connectivity index (χ4n) is 2.51. The Kier molecular flexibility index (Phi) is 5.59. The number of carbonyl (C=O) groups excluding carboxylic acids is 1. The van der Waals surface area contributed by atoms with Crippen molar-refractivity contribution in [2.24, 2.45) is 7.05 Å². The van der Waals surface area contributed by atoms with E-state index in [4.69, 9.17) is 4.42 Å². The van der Waals surface area contributed by atoms with Crippen molar-refractivity contribution in [3.8, 4) is 11.6 Å². The summed E-state index contributed by atoms with van der Waals surface area (Å²) in [5.41, 5.74) is 2.42. The highest BCUT2D eigenvalue weighted by molar-refractivity contribution is 7.91. The molecule has 0 spiro atoms. The highest BCUT2D eigenvalue weighted by Gasteiger charge is 2.17. The van der Waals surface area contributed by atoms with Gasteiger partial charge in [0.15, 0.2) is 9.84 Å². The summed E-state index contributed by atoms with van der Waals surface area (Å²) < 4.78 is 31.6. The van der Waals surface area contributed by atoms with Gasteiger partial charge in [0, 0.05) is 19.2 Å². The van der Waals surface area contributed by atoms with Crippen molar-refractivity contribution in [1.82, 2.24) is 20.0 Å². The molecule has 3 aromatic rings. The minimum atomic E-state index is -3.42. The average Bonchev–Trinajstić information content (AvgIpc) is 3.22. The molecule has 0 aliphatic rings. The third-order valence-corrected chi connectivity index (χ3v) is 6.02. The van der Waals surface area contributed by atoms with Crippen LogP contribution in [0.3, 0.4) is 0 Å². The number of amides is 1. The molecular weight excluding hydrogens is 382 g/mol. The Labute approximate surface area is 162 Å². The molecule has 148 valence electrons. The van der Waals surface area contributed by atoms with Crippen LogP contribution < -0.4 is 5.32 Å². The van der Waals surface area contributed by atoms with Crippen LogP contribution in [0.15, 0.2) is 39.6 Å². The molecule has 2 heterocycles. The lowest BCUT2D eigenvalue weighted by atomic mass is 10.2. The number of hydrogen-bond acceptors (Lipinski definition) is 7. The first-order valence-electron chi connectivity index (χ1n) is 8.68. The number of nitrogens with zero attached hydrogens (tertiary/aromatic N) is 4. The molecule has 0 saturated carbocycles. The topological polar surface area (TPSA) is 120 Å². The molecule has 2 aromatic heterocycles. The van der Waals surface area contributed by atoms with Gasteiger partial charge in [0.2, 0.25) is 5.91 Å². The van der Waals surface area contributed by atoms with Crippen LogP contribution in [-0.4, -0.2) is 40.1 Å². The molecule has 1 aromatic carbocycles. The molecule has 28 heavy (non-hydrogen) atoms. The van der Waals surface area contributed by atoms with Gasteiger partial charge in [-0.1, -0.05) is 22.8 Å². The number of anilines is 1. The molecule has 0 aliphatic heterocycles. The van der Waals surface area contributed by atoms with E-state index in [2.05, 4.69) is 20.6 Å². The monoisotopic (exact) mass is 403 g/mol.